The molecule has 9 heteroatoms. The molecule has 0 fully saturated rings. The van der Waals surface area contributed by atoms with Gasteiger partial charge < -0.3 is 9.88 Å². The molecule has 7 nitrogen and oxygen atoms in total. The number of rotatable bonds is 5. The Morgan fingerprint density at radius 3 is 2.44 bits per heavy atom. The Hall–Kier alpha value is -3.60. The number of hydrogen-bond donors (Lipinski definition) is 1. The zero-order chi connectivity index (χ0) is 23.6. The summed E-state index contributed by atoms with van der Waals surface area (Å²) in [5.41, 5.74) is 3.93. The molecule has 3 rings (SSSR count). The van der Waals surface area contributed by atoms with Gasteiger partial charge in [0.2, 0.25) is 0 Å². The van der Waals surface area contributed by atoms with Gasteiger partial charge >= 0.3 is 0 Å². The van der Waals surface area contributed by atoms with Crippen LogP contribution in [0.5, 0.6) is 0 Å². The minimum atomic E-state index is -0.608. The van der Waals surface area contributed by atoms with Gasteiger partial charge in [0.1, 0.15) is 11.6 Å². The summed E-state index contributed by atoms with van der Waals surface area (Å²) in [7, 11) is 0. The first kappa shape index (κ1) is 23.1. The van der Waals surface area contributed by atoms with E-state index in [1.165, 1.54) is 24.3 Å². The molecular formula is C23H18Cl2N4O3. The lowest BCUT2D eigenvalue weighted by atomic mass is 10.1. The molecule has 0 aliphatic heterocycles. The van der Waals surface area contributed by atoms with Crippen LogP contribution in [-0.4, -0.2) is 15.4 Å². The number of aromatic nitrogens is 1. The third kappa shape index (κ3) is 4.67. The lowest BCUT2D eigenvalue weighted by molar-refractivity contribution is -0.384. The second-order valence-corrected chi connectivity index (χ2v) is 7.95. The van der Waals surface area contributed by atoms with E-state index in [1.54, 1.807) is 19.1 Å². The summed E-state index contributed by atoms with van der Waals surface area (Å²) in [6.45, 7) is 5.41. The summed E-state index contributed by atoms with van der Waals surface area (Å²) in [5, 5.41) is 24.0. The van der Waals surface area contributed by atoms with Gasteiger partial charge in [0.25, 0.3) is 11.6 Å². The summed E-state index contributed by atoms with van der Waals surface area (Å²) in [5.74, 6) is -0.608. The van der Waals surface area contributed by atoms with E-state index in [0.29, 0.717) is 26.9 Å². The van der Waals surface area contributed by atoms with E-state index in [0.717, 1.165) is 17.1 Å². The van der Waals surface area contributed by atoms with Gasteiger partial charge in [0.15, 0.2) is 0 Å². The van der Waals surface area contributed by atoms with Gasteiger partial charge in [-0.1, -0.05) is 23.2 Å². The standard InChI is InChI=1S/C23H18Cl2N4O3/c1-13-8-19(29(31)32)5-7-22(13)27-23(30)17(12-26)10-16-9-14(2)28(15(16)3)18-4-6-20(24)21(25)11-18/h4-11H,1-3H3,(H,27,30)/b17-10-. The van der Waals surface area contributed by atoms with Crippen molar-refractivity contribution in [3.05, 3.63) is 90.7 Å². The monoisotopic (exact) mass is 468 g/mol. The Morgan fingerprint density at radius 1 is 1.12 bits per heavy atom. The van der Waals surface area contributed by atoms with Crippen LogP contribution in [0.25, 0.3) is 11.8 Å². The van der Waals surface area contributed by atoms with Gasteiger partial charge in [-0.25, -0.2) is 0 Å². The van der Waals surface area contributed by atoms with Crippen LogP contribution >= 0.6 is 23.2 Å². The number of nitro benzene ring substituents is 1. The predicted molar refractivity (Wildman–Crippen MR) is 125 cm³/mol. The highest BCUT2D eigenvalue weighted by molar-refractivity contribution is 6.42. The number of anilines is 1. The zero-order valence-corrected chi connectivity index (χ0v) is 19.0. The van der Waals surface area contributed by atoms with Crippen LogP contribution < -0.4 is 5.32 Å². The number of nitro groups is 1. The highest BCUT2D eigenvalue weighted by Gasteiger charge is 2.16. The molecular weight excluding hydrogens is 451 g/mol. The van der Waals surface area contributed by atoms with E-state index in [9.17, 15) is 20.2 Å². The highest BCUT2D eigenvalue weighted by atomic mass is 35.5. The molecule has 0 aliphatic carbocycles. The number of amides is 1. The van der Waals surface area contributed by atoms with Crippen molar-refractivity contribution >= 4 is 46.6 Å². The fraction of sp³-hybridized carbons (Fsp3) is 0.130. The molecule has 0 bridgehead atoms. The van der Waals surface area contributed by atoms with Crippen LogP contribution in [0.15, 0.2) is 48.0 Å². The third-order valence-electron chi connectivity index (χ3n) is 4.97. The Labute approximate surface area is 194 Å². The topological polar surface area (TPSA) is 101 Å². The molecule has 1 amide bonds. The van der Waals surface area contributed by atoms with Crippen LogP contribution in [0.1, 0.15) is 22.5 Å². The molecule has 162 valence electrons. The lowest BCUT2D eigenvalue weighted by Crippen LogP contribution is -2.14. The number of carbonyl (C=O) groups is 1. The minimum Gasteiger partial charge on any atom is -0.321 e. The first-order valence-electron chi connectivity index (χ1n) is 9.45. The Bertz CT molecular complexity index is 1320. The van der Waals surface area contributed by atoms with Gasteiger partial charge in [-0.15, -0.1) is 0 Å². The predicted octanol–water partition coefficient (Wildman–Crippen LogP) is 6.16. The fourth-order valence-corrected chi connectivity index (χ4v) is 3.64. The molecule has 0 atom stereocenters. The van der Waals surface area contributed by atoms with Crippen molar-refractivity contribution in [2.45, 2.75) is 20.8 Å². The molecule has 0 saturated heterocycles. The van der Waals surface area contributed by atoms with Crippen molar-refractivity contribution in [3.63, 3.8) is 0 Å². The number of non-ortho nitro benzene ring substituents is 1. The van der Waals surface area contributed by atoms with Crippen LogP contribution in [0.4, 0.5) is 11.4 Å². The van der Waals surface area contributed by atoms with Crippen molar-refractivity contribution in [2.24, 2.45) is 0 Å². The van der Waals surface area contributed by atoms with Crippen LogP contribution in [0.3, 0.4) is 0 Å². The molecule has 1 heterocycles. The van der Waals surface area contributed by atoms with E-state index in [1.807, 2.05) is 36.6 Å². The summed E-state index contributed by atoms with van der Waals surface area (Å²) in [4.78, 5) is 23.1. The Kier molecular flexibility index (Phi) is 6.68. The first-order chi connectivity index (χ1) is 15.1. The van der Waals surface area contributed by atoms with Crippen molar-refractivity contribution in [1.29, 1.82) is 5.26 Å². The summed E-state index contributed by atoms with van der Waals surface area (Å²) < 4.78 is 1.95. The molecule has 1 N–H and O–H groups in total. The number of carbonyl (C=O) groups excluding carboxylic acids is 1. The van der Waals surface area contributed by atoms with Crippen LogP contribution in [0.2, 0.25) is 10.0 Å². The molecule has 2 aromatic carbocycles. The van der Waals surface area contributed by atoms with Gasteiger partial charge in [-0.05, 0) is 68.3 Å². The smallest absolute Gasteiger partial charge is 0.269 e. The molecule has 1 aromatic heterocycles. The summed E-state index contributed by atoms with van der Waals surface area (Å²) in [6, 6.07) is 13.2. The third-order valence-corrected chi connectivity index (χ3v) is 5.70. The van der Waals surface area contributed by atoms with E-state index in [-0.39, 0.29) is 11.3 Å². The van der Waals surface area contributed by atoms with Gasteiger partial charge in [0, 0.05) is 34.9 Å². The molecule has 0 unspecified atom stereocenters. The van der Waals surface area contributed by atoms with Crippen LogP contribution in [-0.2, 0) is 4.79 Å². The number of benzene rings is 2. The van der Waals surface area contributed by atoms with Gasteiger partial charge in [-0.3, -0.25) is 14.9 Å². The average Bonchev–Trinajstić information content (AvgIpc) is 3.02. The second-order valence-electron chi connectivity index (χ2n) is 7.14. The maximum Gasteiger partial charge on any atom is 0.269 e. The molecule has 0 saturated carbocycles. The Morgan fingerprint density at radius 2 is 1.84 bits per heavy atom. The number of aryl methyl sites for hydroxylation is 2. The molecule has 0 radical (unpaired) electrons. The van der Waals surface area contributed by atoms with Gasteiger partial charge in [-0.2, -0.15) is 5.26 Å². The molecule has 0 spiro atoms. The van der Waals surface area contributed by atoms with Crippen molar-refractivity contribution in [1.82, 2.24) is 4.57 Å². The average molecular weight is 469 g/mol. The SMILES string of the molecule is Cc1cc([N+](=O)[O-])ccc1NC(=O)/C(C#N)=C\c1cc(C)n(-c2ccc(Cl)c(Cl)c2)c1C. The van der Waals surface area contributed by atoms with Crippen molar-refractivity contribution in [2.75, 3.05) is 5.32 Å². The molecule has 3 aromatic rings. The zero-order valence-electron chi connectivity index (χ0n) is 17.4. The number of nitrogens with zero attached hydrogens (tertiary/aromatic N) is 3. The van der Waals surface area contributed by atoms with Crippen LogP contribution in [0, 0.1) is 42.2 Å². The molecule has 0 aliphatic rings. The maximum absolute atomic E-state index is 12.7. The van der Waals surface area contributed by atoms with Gasteiger partial charge in [0.05, 0.1) is 15.0 Å². The largest absolute Gasteiger partial charge is 0.321 e. The normalized spacial score (nSPS) is 11.2. The maximum atomic E-state index is 12.7. The lowest BCUT2D eigenvalue weighted by Gasteiger charge is -2.11. The first-order valence-corrected chi connectivity index (χ1v) is 10.2. The van der Waals surface area contributed by atoms with E-state index in [4.69, 9.17) is 23.2 Å². The summed E-state index contributed by atoms with van der Waals surface area (Å²) >= 11 is 12.2. The fourth-order valence-electron chi connectivity index (χ4n) is 3.35. The second kappa shape index (κ2) is 9.27. The Balaban J connectivity index is 1.93. The molecule has 32 heavy (non-hydrogen) atoms. The number of nitriles is 1. The number of nitrogens with one attached hydrogen (secondary N) is 1. The van der Waals surface area contributed by atoms with Crippen molar-refractivity contribution in [3.8, 4) is 11.8 Å². The van der Waals surface area contributed by atoms with Crippen molar-refractivity contribution < 1.29 is 9.72 Å². The minimum absolute atomic E-state index is 0.0775. The summed E-state index contributed by atoms with van der Waals surface area (Å²) in [6.07, 6.45) is 1.51. The highest BCUT2D eigenvalue weighted by Crippen LogP contribution is 2.28. The van der Waals surface area contributed by atoms with E-state index >= 15 is 0 Å². The number of halogens is 2. The number of hydrogen-bond acceptors (Lipinski definition) is 4. The van der Waals surface area contributed by atoms with E-state index in [2.05, 4.69) is 5.32 Å². The quantitative estimate of drug-likeness (QED) is 0.209. The van der Waals surface area contributed by atoms with E-state index < -0.39 is 10.8 Å².